The number of ketones is 1. The summed E-state index contributed by atoms with van der Waals surface area (Å²) in [7, 11) is 0. The first-order valence-corrected chi connectivity index (χ1v) is 11.1. The maximum absolute atomic E-state index is 12.7. The van der Waals surface area contributed by atoms with Crippen molar-refractivity contribution in [1.29, 1.82) is 0 Å². The Hall–Kier alpha value is -1.36. The number of hydrogen-bond donors (Lipinski definition) is 1. The van der Waals surface area contributed by atoms with Crippen LogP contribution in [-0.2, 0) is 14.3 Å². The molecule has 4 aliphatic carbocycles. The van der Waals surface area contributed by atoms with Gasteiger partial charge in [0.1, 0.15) is 0 Å². The maximum atomic E-state index is 12.7. The van der Waals surface area contributed by atoms with Gasteiger partial charge in [-0.2, -0.15) is 0 Å². The summed E-state index contributed by atoms with van der Waals surface area (Å²) in [6.45, 7) is 8.37. The second-order valence-corrected chi connectivity index (χ2v) is 10.8. The zero-order chi connectivity index (χ0) is 20.1. The molecule has 0 bridgehead atoms. The van der Waals surface area contributed by atoms with E-state index >= 15 is 0 Å². The maximum Gasteiger partial charge on any atom is 0.245 e. The molecule has 3 fully saturated rings. The molecule has 0 radical (unpaired) electrons. The Morgan fingerprint density at radius 3 is 2.57 bits per heavy atom. The van der Waals surface area contributed by atoms with Crippen LogP contribution in [0.15, 0.2) is 23.2 Å². The fraction of sp³-hybridized carbons (Fsp3) is 0.739. The molecule has 0 saturated heterocycles. The Morgan fingerprint density at radius 1 is 1.11 bits per heavy atom. The lowest BCUT2D eigenvalue weighted by atomic mass is 9.47. The Balaban J connectivity index is 1.55. The van der Waals surface area contributed by atoms with E-state index < -0.39 is 5.79 Å². The first-order valence-electron chi connectivity index (χ1n) is 10.7. The third-order valence-corrected chi connectivity index (χ3v) is 9.08. The van der Waals surface area contributed by atoms with Gasteiger partial charge in [0, 0.05) is 19.8 Å². The Labute approximate surface area is 172 Å². The quantitative estimate of drug-likeness (QED) is 0.608. The third kappa shape index (κ3) is 2.23. The van der Waals surface area contributed by atoms with Crippen LogP contribution in [-0.4, -0.2) is 21.7 Å². The van der Waals surface area contributed by atoms with E-state index in [2.05, 4.69) is 13.8 Å². The minimum atomic E-state index is -0.787. The van der Waals surface area contributed by atoms with E-state index in [9.17, 15) is 9.90 Å². The van der Waals surface area contributed by atoms with Gasteiger partial charge in [-0.1, -0.05) is 12.5 Å². The van der Waals surface area contributed by atoms with Crippen LogP contribution in [0.3, 0.4) is 0 Å². The van der Waals surface area contributed by atoms with Gasteiger partial charge < -0.3 is 14.6 Å². The monoisotopic (exact) mass is 402 g/mol. The third-order valence-electron chi connectivity index (χ3n) is 8.79. The number of carbonyl (C=O) groups is 1. The average molecular weight is 403 g/mol. The molecule has 1 N–H and O–H groups in total. The summed E-state index contributed by atoms with van der Waals surface area (Å²) >= 11 is 5.22. The van der Waals surface area contributed by atoms with Crippen LogP contribution in [0, 0.1) is 34.5 Å². The molecule has 5 rings (SSSR count). The fourth-order valence-corrected chi connectivity index (χ4v) is 7.89. The Morgan fingerprint density at radius 2 is 1.86 bits per heavy atom. The zero-order valence-corrected chi connectivity index (χ0v) is 18.0. The molecule has 0 unspecified atom stereocenters. The summed E-state index contributed by atoms with van der Waals surface area (Å²) in [5.41, 5.74) is 1.05. The highest BCUT2D eigenvalue weighted by atomic mass is 32.1. The Kier molecular flexibility index (Phi) is 3.74. The molecule has 5 heteroatoms. The molecule has 152 valence electrons. The highest BCUT2D eigenvalue weighted by Gasteiger charge is 2.63. The number of allylic oxidation sites excluding steroid dienone is 2. The minimum Gasteiger partial charge on any atom is -0.502 e. The van der Waals surface area contributed by atoms with Crippen LogP contribution in [0.25, 0.3) is 0 Å². The second kappa shape index (κ2) is 5.62. The first kappa shape index (κ1) is 18.7. The SMILES string of the molecule is CC1(C)OC2=C(O1)[C@@]1(C)C(=CC2=O)CC[C@@H]2[C@@H]1CC[C@]1(C)[C@H](C(O)=S)CC[C@@H]21. The van der Waals surface area contributed by atoms with Crippen LogP contribution < -0.4 is 0 Å². The van der Waals surface area contributed by atoms with Crippen LogP contribution in [0.5, 0.6) is 0 Å². The number of aliphatic hydroxyl groups is 1. The molecule has 6 atom stereocenters. The Bertz CT molecular complexity index is 840. The lowest BCUT2D eigenvalue weighted by molar-refractivity contribution is -0.142. The van der Waals surface area contributed by atoms with Crippen LogP contribution in [0.1, 0.15) is 66.2 Å². The summed E-state index contributed by atoms with van der Waals surface area (Å²) < 4.78 is 12.2. The van der Waals surface area contributed by atoms with E-state index in [0.29, 0.717) is 23.5 Å². The van der Waals surface area contributed by atoms with Gasteiger partial charge in [-0.05, 0) is 86.9 Å². The van der Waals surface area contributed by atoms with Gasteiger partial charge >= 0.3 is 0 Å². The van der Waals surface area contributed by atoms with E-state index in [4.69, 9.17) is 21.7 Å². The molecule has 1 heterocycles. The van der Waals surface area contributed by atoms with Crippen molar-refractivity contribution >= 4 is 23.1 Å². The fourth-order valence-electron chi connectivity index (χ4n) is 7.50. The number of fused-ring (bicyclic) bond motifs is 6. The standard InChI is InChI=1S/C23H30O4S/c1-21(2)26-18-17(24)11-12-5-6-13-14-7-8-16(20(25)28)22(14,3)10-9-15(13)23(12,4)19(18)27-21/h11,13-16H,5-10H2,1-4H3,(H,25,28)/t13-,14-,15-,16-,22-,23-/m0/s1. The molecule has 4 nitrogen and oxygen atoms in total. The molecule has 3 saturated carbocycles. The normalized spacial score (nSPS) is 45.9. The lowest BCUT2D eigenvalue weighted by Crippen LogP contribution is -2.51. The van der Waals surface area contributed by atoms with Gasteiger partial charge in [0.05, 0.1) is 5.41 Å². The van der Waals surface area contributed by atoms with Gasteiger partial charge in [-0.25, -0.2) is 0 Å². The van der Waals surface area contributed by atoms with Gasteiger partial charge in [0.25, 0.3) is 0 Å². The summed E-state index contributed by atoms with van der Waals surface area (Å²) in [5.74, 6) is 2.07. The van der Waals surface area contributed by atoms with Crippen LogP contribution >= 0.6 is 12.2 Å². The predicted octanol–water partition coefficient (Wildman–Crippen LogP) is 5.23. The number of rotatable bonds is 1. The first-order chi connectivity index (χ1) is 13.1. The van der Waals surface area contributed by atoms with Crippen molar-refractivity contribution in [3.8, 4) is 0 Å². The highest BCUT2D eigenvalue weighted by Crippen LogP contribution is 2.68. The van der Waals surface area contributed by atoms with Crippen molar-refractivity contribution in [2.75, 3.05) is 0 Å². The van der Waals surface area contributed by atoms with Gasteiger partial charge in [-0.15, -0.1) is 0 Å². The van der Waals surface area contributed by atoms with Gasteiger partial charge in [0.2, 0.25) is 17.3 Å². The van der Waals surface area contributed by atoms with E-state index in [1.807, 2.05) is 19.9 Å². The van der Waals surface area contributed by atoms with Gasteiger partial charge in [0.15, 0.2) is 10.8 Å². The molecule has 5 aliphatic rings. The smallest absolute Gasteiger partial charge is 0.245 e. The summed E-state index contributed by atoms with van der Waals surface area (Å²) in [6.07, 6.45) is 8.13. The van der Waals surface area contributed by atoms with Gasteiger partial charge in [-0.3, -0.25) is 4.79 Å². The molecular weight excluding hydrogens is 372 g/mol. The number of thiocarbonyl (C=S) groups is 1. The number of hydrogen-bond acceptors (Lipinski definition) is 4. The van der Waals surface area contributed by atoms with Crippen molar-refractivity contribution in [3.05, 3.63) is 23.2 Å². The molecule has 0 aromatic heterocycles. The molecule has 0 aromatic carbocycles. The van der Waals surface area contributed by atoms with Crippen molar-refractivity contribution < 1.29 is 19.4 Å². The highest BCUT2D eigenvalue weighted by molar-refractivity contribution is 7.80. The number of ether oxygens (including phenoxy) is 2. The van der Waals surface area contributed by atoms with Crippen LogP contribution in [0.2, 0.25) is 0 Å². The van der Waals surface area contributed by atoms with E-state index in [1.54, 1.807) is 0 Å². The van der Waals surface area contributed by atoms with E-state index in [1.165, 1.54) is 5.57 Å². The largest absolute Gasteiger partial charge is 0.502 e. The molecule has 1 aliphatic heterocycles. The number of aliphatic hydroxyl groups excluding tert-OH is 1. The topological polar surface area (TPSA) is 55.8 Å². The molecule has 28 heavy (non-hydrogen) atoms. The summed E-state index contributed by atoms with van der Waals surface area (Å²) in [6, 6.07) is 0. The second-order valence-electron chi connectivity index (χ2n) is 10.4. The predicted molar refractivity (Wildman–Crippen MR) is 109 cm³/mol. The van der Waals surface area contributed by atoms with E-state index in [0.717, 1.165) is 44.3 Å². The molecule has 0 aromatic rings. The summed E-state index contributed by atoms with van der Waals surface area (Å²) in [5, 5.41) is 10.3. The van der Waals surface area contributed by atoms with Crippen LogP contribution in [0.4, 0.5) is 0 Å². The van der Waals surface area contributed by atoms with Crippen molar-refractivity contribution in [2.24, 2.45) is 34.5 Å². The van der Waals surface area contributed by atoms with Crippen molar-refractivity contribution in [2.45, 2.75) is 72.0 Å². The molecule has 0 spiro atoms. The summed E-state index contributed by atoms with van der Waals surface area (Å²) in [4.78, 5) is 12.7. The molecular formula is C23H30O4S. The lowest BCUT2D eigenvalue weighted by Gasteiger charge is -2.57. The zero-order valence-electron chi connectivity index (χ0n) is 17.2. The van der Waals surface area contributed by atoms with E-state index in [-0.39, 0.29) is 27.6 Å². The minimum absolute atomic E-state index is 0.0429. The average Bonchev–Trinajstić information content (AvgIpc) is 3.13. The van der Waals surface area contributed by atoms with Crippen molar-refractivity contribution in [3.63, 3.8) is 0 Å². The van der Waals surface area contributed by atoms with Crippen molar-refractivity contribution in [1.82, 2.24) is 0 Å². The number of carbonyl (C=O) groups excluding carboxylic acids is 1. The molecule has 0 amide bonds.